The second kappa shape index (κ2) is 5.40. The van der Waals surface area contributed by atoms with Crippen LogP contribution in [-0.2, 0) is 11.3 Å². The van der Waals surface area contributed by atoms with Gasteiger partial charge in [0, 0.05) is 11.9 Å². The van der Waals surface area contributed by atoms with Crippen LogP contribution in [0.5, 0.6) is 0 Å². The Morgan fingerprint density at radius 3 is 2.84 bits per heavy atom. The predicted octanol–water partition coefficient (Wildman–Crippen LogP) is 1.24. The van der Waals surface area contributed by atoms with Crippen LogP contribution in [0, 0.1) is 12.8 Å². The van der Waals surface area contributed by atoms with E-state index in [1.54, 1.807) is 0 Å². The van der Waals surface area contributed by atoms with Crippen LogP contribution in [0.15, 0.2) is 24.4 Å². The zero-order valence-corrected chi connectivity index (χ0v) is 11.6. The first kappa shape index (κ1) is 13.5. The number of carbonyl (C=O) groups is 1. The van der Waals surface area contributed by atoms with Crippen molar-refractivity contribution in [2.24, 2.45) is 11.7 Å². The molecule has 0 unspecified atom stereocenters. The van der Waals surface area contributed by atoms with E-state index in [0.29, 0.717) is 6.54 Å². The first-order valence-corrected chi connectivity index (χ1v) is 6.46. The Bertz CT molecular complexity index is 588. The van der Waals surface area contributed by atoms with Gasteiger partial charge in [-0.15, -0.1) is 0 Å². The van der Waals surface area contributed by atoms with Crippen molar-refractivity contribution in [1.29, 1.82) is 0 Å². The topological polar surface area (TPSA) is 72.4 Å². The van der Waals surface area contributed by atoms with Gasteiger partial charge in [0.2, 0.25) is 5.91 Å². The SMILES string of the molecule is Cc1cccc2nc(CNC(=O)[C@@H](N)C(C)C)cn12. The molecule has 102 valence electrons. The highest BCUT2D eigenvalue weighted by molar-refractivity contribution is 5.81. The molecule has 0 spiro atoms. The Morgan fingerprint density at radius 1 is 1.47 bits per heavy atom. The van der Waals surface area contributed by atoms with E-state index in [1.807, 2.05) is 49.6 Å². The summed E-state index contributed by atoms with van der Waals surface area (Å²) in [7, 11) is 0. The van der Waals surface area contributed by atoms with Gasteiger partial charge in [-0.05, 0) is 25.0 Å². The maximum atomic E-state index is 11.8. The van der Waals surface area contributed by atoms with Crippen LogP contribution in [0.25, 0.3) is 5.65 Å². The van der Waals surface area contributed by atoms with E-state index < -0.39 is 6.04 Å². The van der Waals surface area contributed by atoms with Crippen LogP contribution in [0.3, 0.4) is 0 Å². The second-order valence-electron chi connectivity index (χ2n) is 5.12. The Labute approximate surface area is 112 Å². The zero-order chi connectivity index (χ0) is 14.0. The van der Waals surface area contributed by atoms with E-state index in [0.717, 1.165) is 17.0 Å². The lowest BCUT2D eigenvalue weighted by Crippen LogP contribution is -2.43. The van der Waals surface area contributed by atoms with Gasteiger partial charge in [-0.2, -0.15) is 0 Å². The van der Waals surface area contributed by atoms with Crippen molar-refractivity contribution in [2.45, 2.75) is 33.4 Å². The quantitative estimate of drug-likeness (QED) is 0.868. The molecule has 3 N–H and O–H groups in total. The first-order chi connectivity index (χ1) is 8.99. The van der Waals surface area contributed by atoms with E-state index >= 15 is 0 Å². The summed E-state index contributed by atoms with van der Waals surface area (Å²) in [6.45, 7) is 6.28. The van der Waals surface area contributed by atoms with Crippen molar-refractivity contribution >= 4 is 11.6 Å². The predicted molar refractivity (Wildman–Crippen MR) is 74.6 cm³/mol. The number of nitrogens with zero attached hydrogens (tertiary/aromatic N) is 2. The minimum Gasteiger partial charge on any atom is -0.349 e. The lowest BCUT2D eigenvalue weighted by molar-refractivity contribution is -0.123. The molecule has 2 rings (SSSR count). The van der Waals surface area contributed by atoms with Crippen LogP contribution in [0.2, 0.25) is 0 Å². The summed E-state index contributed by atoms with van der Waals surface area (Å²) in [5, 5.41) is 2.82. The summed E-state index contributed by atoms with van der Waals surface area (Å²) in [6, 6.07) is 5.46. The van der Waals surface area contributed by atoms with Crippen LogP contribution in [-0.4, -0.2) is 21.3 Å². The molecule has 2 heterocycles. The number of amides is 1. The maximum Gasteiger partial charge on any atom is 0.237 e. The fourth-order valence-electron chi connectivity index (χ4n) is 1.88. The van der Waals surface area contributed by atoms with E-state index in [-0.39, 0.29) is 11.8 Å². The van der Waals surface area contributed by atoms with Gasteiger partial charge < -0.3 is 15.5 Å². The molecule has 19 heavy (non-hydrogen) atoms. The van der Waals surface area contributed by atoms with Crippen molar-refractivity contribution in [1.82, 2.24) is 14.7 Å². The fraction of sp³-hybridized carbons (Fsp3) is 0.429. The number of rotatable bonds is 4. The van der Waals surface area contributed by atoms with Gasteiger partial charge in [0.15, 0.2) is 0 Å². The Morgan fingerprint density at radius 2 is 2.21 bits per heavy atom. The summed E-state index contributed by atoms with van der Waals surface area (Å²) in [5.74, 6) is -0.00732. The fourth-order valence-corrected chi connectivity index (χ4v) is 1.88. The van der Waals surface area contributed by atoms with E-state index in [2.05, 4.69) is 10.3 Å². The molecule has 2 aromatic heterocycles. The third-order valence-electron chi connectivity index (χ3n) is 3.21. The third-order valence-corrected chi connectivity index (χ3v) is 3.21. The average molecular weight is 260 g/mol. The number of carbonyl (C=O) groups excluding carboxylic acids is 1. The summed E-state index contributed by atoms with van der Waals surface area (Å²) in [6.07, 6.45) is 1.94. The molecular formula is C14H20N4O. The van der Waals surface area contributed by atoms with Gasteiger partial charge in [-0.25, -0.2) is 4.98 Å². The minimum atomic E-state index is -0.473. The van der Waals surface area contributed by atoms with Crippen molar-refractivity contribution in [3.05, 3.63) is 35.8 Å². The molecule has 1 atom stereocenters. The van der Waals surface area contributed by atoms with Crippen LogP contribution >= 0.6 is 0 Å². The lowest BCUT2D eigenvalue weighted by atomic mass is 10.1. The molecule has 2 aromatic rings. The number of aryl methyl sites for hydroxylation is 1. The Kier molecular flexibility index (Phi) is 3.85. The number of hydrogen-bond donors (Lipinski definition) is 2. The van der Waals surface area contributed by atoms with E-state index in [9.17, 15) is 4.79 Å². The number of nitrogens with one attached hydrogen (secondary N) is 1. The molecule has 1 amide bonds. The van der Waals surface area contributed by atoms with Crippen molar-refractivity contribution in [2.75, 3.05) is 0 Å². The maximum absolute atomic E-state index is 11.8. The molecule has 5 nitrogen and oxygen atoms in total. The number of nitrogens with two attached hydrogens (primary N) is 1. The van der Waals surface area contributed by atoms with Crippen molar-refractivity contribution < 1.29 is 4.79 Å². The Hall–Kier alpha value is -1.88. The standard InChI is InChI=1S/C14H20N4O/c1-9(2)13(15)14(19)16-7-11-8-18-10(3)5-4-6-12(18)17-11/h4-6,8-9,13H,7,15H2,1-3H3,(H,16,19)/t13-/m0/s1. The zero-order valence-electron chi connectivity index (χ0n) is 11.6. The second-order valence-corrected chi connectivity index (χ2v) is 5.12. The monoisotopic (exact) mass is 260 g/mol. The Balaban J connectivity index is 2.06. The number of aromatic nitrogens is 2. The number of hydrogen-bond acceptors (Lipinski definition) is 3. The smallest absolute Gasteiger partial charge is 0.237 e. The van der Waals surface area contributed by atoms with Gasteiger partial charge in [0.05, 0.1) is 18.3 Å². The third kappa shape index (κ3) is 2.93. The molecule has 0 fully saturated rings. The lowest BCUT2D eigenvalue weighted by Gasteiger charge is -2.14. The molecule has 0 saturated heterocycles. The van der Waals surface area contributed by atoms with E-state index in [4.69, 9.17) is 5.73 Å². The van der Waals surface area contributed by atoms with Gasteiger partial charge >= 0.3 is 0 Å². The van der Waals surface area contributed by atoms with E-state index in [1.165, 1.54) is 0 Å². The molecular weight excluding hydrogens is 240 g/mol. The molecule has 0 bridgehead atoms. The minimum absolute atomic E-state index is 0.128. The molecule has 0 aliphatic carbocycles. The van der Waals surface area contributed by atoms with Gasteiger partial charge in [-0.3, -0.25) is 4.79 Å². The van der Waals surface area contributed by atoms with Gasteiger partial charge in [0.25, 0.3) is 0 Å². The summed E-state index contributed by atoms with van der Waals surface area (Å²) < 4.78 is 2.00. The average Bonchev–Trinajstić information content (AvgIpc) is 2.79. The highest BCUT2D eigenvalue weighted by atomic mass is 16.2. The molecule has 5 heteroatoms. The van der Waals surface area contributed by atoms with Crippen molar-refractivity contribution in [3.8, 4) is 0 Å². The molecule has 0 aliphatic rings. The first-order valence-electron chi connectivity index (χ1n) is 6.46. The van der Waals surface area contributed by atoms with Crippen LogP contribution in [0.1, 0.15) is 25.2 Å². The van der Waals surface area contributed by atoms with Crippen molar-refractivity contribution in [3.63, 3.8) is 0 Å². The normalized spacial score (nSPS) is 12.9. The highest BCUT2D eigenvalue weighted by Crippen LogP contribution is 2.08. The van der Waals surface area contributed by atoms with Crippen LogP contribution < -0.4 is 11.1 Å². The molecule has 0 radical (unpaired) electrons. The summed E-state index contributed by atoms with van der Waals surface area (Å²) >= 11 is 0. The molecule has 0 saturated carbocycles. The van der Waals surface area contributed by atoms with Crippen LogP contribution in [0.4, 0.5) is 0 Å². The largest absolute Gasteiger partial charge is 0.349 e. The number of pyridine rings is 1. The van der Waals surface area contributed by atoms with Gasteiger partial charge in [0.1, 0.15) is 5.65 Å². The molecule has 0 aromatic carbocycles. The summed E-state index contributed by atoms with van der Waals surface area (Å²) in [5.41, 5.74) is 8.62. The van der Waals surface area contributed by atoms with Gasteiger partial charge in [-0.1, -0.05) is 19.9 Å². The highest BCUT2D eigenvalue weighted by Gasteiger charge is 2.16. The number of fused-ring (bicyclic) bond motifs is 1. The number of imidazole rings is 1. The summed E-state index contributed by atoms with van der Waals surface area (Å²) in [4.78, 5) is 16.2. The molecule has 0 aliphatic heterocycles.